The topological polar surface area (TPSA) is 20.3 Å². The van der Waals surface area contributed by atoms with Gasteiger partial charge in [-0.05, 0) is 31.2 Å². The summed E-state index contributed by atoms with van der Waals surface area (Å²) in [5, 5.41) is 0. The number of carbonyl (C=O) groups is 1. The Morgan fingerprint density at radius 3 is 2.56 bits per heavy atom. The Morgan fingerprint density at radius 2 is 1.89 bits per heavy atom. The Bertz CT molecular complexity index is 340. The number of amides is 1. The van der Waals surface area contributed by atoms with Crippen molar-refractivity contribution < 1.29 is 4.79 Å². The Balaban J connectivity index is 2.12. The van der Waals surface area contributed by atoms with Crippen molar-refractivity contribution in [1.82, 2.24) is 4.90 Å². The highest BCUT2D eigenvalue weighted by Gasteiger charge is 2.07. The standard InChI is InChI=1S/C15H22ClNO/c1-17(15(18)11-7-12-16)13-6-5-10-14-8-3-2-4-9-14/h2-4,8-9H,5-7,10-13H2,1H3. The molecule has 1 aromatic rings. The third kappa shape index (κ3) is 6.06. The maximum absolute atomic E-state index is 11.6. The summed E-state index contributed by atoms with van der Waals surface area (Å²) in [6.45, 7) is 0.841. The lowest BCUT2D eigenvalue weighted by molar-refractivity contribution is -0.129. The first-order valence-electron chi connectivity index (χ1n) is 6.58. The first-order chi connectivity index (χ1) is 8.74. The Morgan fingerprint density at radius 1 is 1.17 bits per heavy atom. The summed E-state index contributed by atoms with van der Waals surface area (Å²) in [4.78, 5) is 13.5. The fourth-order valence-corrected chi connectivity index (χ4v) is 1.99. The van der Waals surface area contributed by atoms with Crippen LogP contribution in [0.25, 0.3) is 0 Å². The molecule has 0 unspecified atom stereocenters. The second kappa shape index (κ2) is 8.98. The number of hydrogen-bond donors (Lipinski definition) is 0. The third-order valence-electron chi connectivity index (χ3n) is 3.00. The number of alkyl halides is 1. The van der Waals surface area contributed by atoms with E-state index in [1.165, 1.54) is 5.56 Å². The molecular weight excluding hydrogens is 246 g/mol. The molecule has 0 N–H and O–H groups in total. The molecule has 1 amide bonds. The van der Waals surface area contributed by atoms with Crippen molar-refractivity contribution in [3.63, 3.8) is 0 Å². The zero-order chi connectivity index (χ0) is 13.2. The molecule has 0 fully saturated rings. The highest BCUT2D eigenvalue weighted by atomic mass is 35.5. The third-order valence-corrected chi connectivity index (χ3v) is 3.27. The number of hydrogen-bond acceptors (Lipinski definition) is 1. The van der Waals surface area contributed by atoms with Crippen molar-refractivity contribution in [2.45, 2.75) is 32.1 Å². The summed E-state index contributed by atoms with van der Waals surface area (Å²) in [6.07, 6.45) is 4.60. The monoisotopic (exact) mass is 267 g/mol. The van der Waals surface area contributed by atoms with Gasteiger partial charge in [-0.2, -0.15) is 0 Å². The average molecular weight is 268 g/mol. The summed E-state index contributed by atoms with van der Waals surface area (Å²) in [5.41, 5.74) is 1.37. The molecule has 100 valence electrons. The average Bonchev–Trinajstić information content (AvgIpc) is 2.41. The molecule has 2 nitrogen and oxygen atoms in total. The van der Waals surface area contributed by atoms with E-state index in [0.29, 0.717) is 12.3 Å². The van der Waals surface area contributed by atoms with E-state index >= 15 is 0 Å². The molecule has 0 aliphatic rings. The van der Waals surface area contributed by atoms with Gasteiger partial charge in [0, 0.05) is 25.9 Å². The molecule has 0 atom stereocenters. The zero-order valence-electron chi connectivity index (χ0n) is 11.1. The molecule has 1 aromatic carbocycles. The van der Waals surface area contributed by atoms with Crippen LogP contribution in [0.2, 0.25) is 0 Å². The maximum atomic E-state index is 11.6. The summed E-state index contributed by atoms with van der Waals surface area (Å²) < 4.78 is 0. The van der Waals surface area contributed by atoms with Gasteiger partial charge in [0.25, 0.3) is 0 Å². The van der Waals surface area contributed by atoms with E-state index in [1.54, 1.807) is 0 Å². The molecular formula is C15H22ClNO. The van der Waals surface area contributed by atoms with Gasteiger partial charge in [0.2, 0.25) is 5.91 Å². The highest BCUT2D eigenvalue weighted by molar-refractivity contribution is 6.17. The largest absolute Gasteiger partial charge is 0.346 e. The lowest BCUT2D eigenvalue weighted by Crippen LogP contribution is -2.27. The number of aryl methyl sites for hydroxylation is 1. The molecule has 3 heteroatoms. The lowest BCUT2D eigenvalue weighted by atomic mass is 10.1. The van der Waals surface area contributed by atoms with Crippen LogP contribution in [0, 0.1) is 0 Å². The number of halogens is 1. The zero-order valence-corrected chi connectivity index (χ0v) is 11.8. The van der Waals surface area contributed by atoms with E-state index in [-0.39, 0.29) is 5.91 Å². The van der Waals surface area contributed by atoms with Crippen molar-refractivity contribution in [3.8, 4) is 0 Å². The SMILES string of the molecule is CN(CCCCc1ccccc1)C(=O)CCCCl. The van der Waals surface area contributed by atoms with E-state index in [4.69, 9.17) is 11.6 Å². The second-order valence-corrected chi connectivity index (χ2v) is 4.93. The minimum atomic E-state index is 0.204. The summed E-state index contributed by atoms with van der Waals surface area (Å²) in [5.74, 6) is 0.767. The summed E-state index contributed by atoms with van der Waals surface area (Å²) >= 11 is 5.57. The van der Waals surface area contributed by atoms with Crippen molar-refractivity contribution in [2.75, 3.05) is 19.5 Å². The first kappa shape index (κ1) is 15.0. The molecule has 0 aromatic heterocycles. The van der Waals surface area contributed by atoms with Crippen molar-refractivity contribution in [1.29, 1.82) is 0 Å². The molecule has 1 rings (SSSR count). The van der Waals surface area contributed by atoms with Crippen molar-refractivity contribution in [2.24, 2.45) is 0 Å². The Kier molecular flexibility index (Phi) is 7.51. The predicted octanol–water partition coefficient (Wildman–Crippen LogP) is 3.49. The van der Waals surface area contributed by atoms with E-state index < -0.39 is 0 Å². The van der Waals surface area contributed by atoms with E-state index in [9.17, 15) is 4.79 Å². The molecule has 18 heavy (non-hydrogen) atoms. The molecule has 0 bridgehead atoms. The summed E-state index contributed by atoms with van der Waals surface area (Å²) in [6, 6.07) is 10.5. The number of unbranched alkanes of at least 4 members (excludes halogenated alkanes) is 1. The number of rotatable bonds is 8. The van der Waals surface area contributed by atoms with Gasteiger partial charge >= 0.3 is 0 Å². The van der Waals surface area contributed by atoms with Crippen molar-refractivity contribution >= 4 is 17.5 Å². The minimum absolute atomic E-state index is 0.204. The normalized spacial score (nSPS) is 10.3. The van der Waals surface area contributed by atoms with Gasteiger partial charge in [-0.25, -0.2) is 0 Å². The van der Waals surface area contributed by atoms with Crippen LogP contribution in [-0.4, -0.2) is 30.3 Å². The van der Waals surface area contributed by atoms with Gasteiger partial charge in [-0.1, -0.05) is 30.3 Å². The van der Waals surface area contributed by atoms with Crippen LogP contribution in [0.15, 0.2) is 30.3 Å². The Hall–Kier alpha value is -1.02. The molecule has 0 saturated carbocycles. The van der Waals surface area contributed by atoms with Crippen molar-refractivity contribution in [3.05, 3.63) is 35.9 Å². The highest BCUT2D eigenvalue weighted by Crippen LogP contribution is 2.06. The molecule has 0 spiro atoms. The minimum Gasteiger partial charge on any atom is -0.346 e. The molecule has 0 saturated heterocycles. The van der Waals surface area contributed by atoms with Gasteiger partial charge in [0.15, 0.2) is 0 Å². The van der Waals surface area contributed by atoms with Crippen LogP contribution >= 0.6 is 11.6 Å². The number of benzene rings is 1. The van der Waals surface area contributed by atoms with Crippen LogP contribution in [0.4, 0.5) is 0 Å². The van der Waals surface area contributed by atoms with Gasteiger partial charge in [-0.3, -0.25) is 4.79 Å². The molecule has 0 heterocycles. The smallest absolute Gasteiger partial charge is 0.222 e. The van der Waals surface area contributed by atoms with Crippen LogP contribution in [0.3, 0.4) is 0 Å². The van der Waals surface area contributed by atoms with Gasteiger partial charge < -0.3 is 4.90 Å². The Labute approximate surface area is 115 Å². The number of carbonyl (C=O) groups excluding carboxylic acids is 1. The van der Waals surface area contributed by atoms with Crippen LogP contribution < -0.4 is 0 Å². The molecule has 0 radical (unpaired) electrons. The lowest BCUT2D eigenvalue weighted by Gasteiger charge is -2.16. The van der Waals surface area contributed by atoms with E-state index in [2.05, 4.69) is 24.3 Å². The summed E-state index contributed by atoms with van der Waals surface area (Å²) in [7, 11) is 1.87. The molecule has 0 aliphatic carbocycles. The van der Waals surface area contributed by atoms with E-state index in [0.717, 1.165) is 32.2 Å². The maximum Gasteiger partial charge on any atom is 0.222 e. The molecule has 0 aliphatic heterocycles. The van der Waals surface area contributed by atoms with E-state index in [1.807, 2.05) is 18.0 Å². The van der Waals surface area contributed by atoms with Gasteiger partial charge in [0.05, 0.1) is 0 Å². The van der Waals surface area contributed by atoms with Crippen LogP contribution in [-0.2, 0) is 11.2 Å². The van der Waals surface area contributed by atoms with Crippen LogP contribution in [0.5, 0.6) is 0 Å². The fourth-order valence-electron chi connectivity index (χ4n) is 1.86. The number of nitrogens with zero attached hydrogens (tertiary/aromatic N) is 1. The first-order valence-corrected chi connectivity index (χ1v) is 7.11. The van der Waals surface area contributed by atoms with Crippen LogP contribution in [0.1, 0.15) is 31.2 Å². The van der Waals surface area contributed by atoms with Gasteiger partial charge in [0.1, 0.15) is 0 Å². The fraction of sp³-hybridized carbons (Fsp3) is 0.533. The van der Waals surface area contributed by atoms with Gasteiger partial charge in [-0.15, -0.1) is 11.6 Å². The predicted molar refractivity (Wildman–Crippen MR) is 77.0 cm³/mol. The second-order valence-electron chi connectivity index (χ2n) is 4.55. The quantitative estimate of drug-likeness (QED) is 0.522.